The summed E-state index contributed by atoms with van der Waals surface area (Å²) in [5.74, 6) is -4.63. The second kappa shape index (κ2) is 4.94. The molecule has 0 aliphatic heterocycles. The summed E-state index contributed by atoms with van der Waals surface area (Å²) in [5.41, 5.74) is 0.0376. The molecule has 1 aromatic carbocycles. The molecule has 2 atom stereocenters. The number of carbonyl (C=O) groups is 1. The van der Waals surface area contributed by atoms with Crippen molar-refractivity contribution in [3.05, 3.63) is 41.6 Å². The first kappa shape index (κ1) is 15.8. The molecule has 120 valence electrons. The minimum Gasteiger partial charge on any atom is -0.465 e. The molecule has 5 nitrogen and oxygen atoms in total. The van der Waals surface area contributed by atoms with E-state index in [1.807, 2.05) is 0 Å². The Morgan fingerprint density at radius 1 is 1.35 bits per heavy atom. The Kier molecular flexibility index (Phi) is 3.38. The number of ether oxygens (including phenoxy) is 1. The summed E-state index contributed by atoms with van der Waals surface area (Å²) in [6.45, 7) is 0. The van der Waals surface area contributed by atoms with Crippen molar-refractivity contribution in [3.63, 3.8) is 0 Å². The summed E-state index contributed by atoms with van der Waals surface area (Å²) >= 11 is 0. The lowest BCUT2D eigenvalue weighted by Crippen LogP contribution is -2.37. The van der Waals surface area contributed by atoms with Gasteiger partial charge in [-0.3, -0.25) is 4.98 Å². The van der Waals surface area contributed by atoms with Gasteiger partial charge in [0.05, 0.1) is 18.2 Å². The van der Waals surface area contributed by atoms with Crippen molar-refractivity contribution in [1.29, 1.82) is 0 Å². The van der Waals surface area contributed by atoms with Crippen LogP contribution in [0.25, 0.3) is 10.9 Å². The molecule has 1 aliphatic rings. The van der Waals surface area contributed by atoms with Gasteiger partial charge in [-0.1, -0.05) is 6.07 Å². The highest BCUT2D eigenvalue weighted by Crippen LogP contribution is 2.64. The highest BCUT2D eigenvalue weighted by Gasteiger charge is 2.88. The molecule has 2 unspecified atom stereocenters. The Morgan fingerprint density at radius 3 is 2.52 bits per heavy atom. The first-order valence-corrected chi connectivity index (χ1v) is 6.64. The number of carbonyl (C=O) groups excluding carboxylic acids is 1. The summed E-state index contributed by atoms with van der Waals surface area (Å²) in [5, 5.41) is 16.1. The fourth-order valence-corrected chi connectivity index (χ4v) is 2.86. The molecule has 0 radical (unpaired) electrons. The first-order valence-electron chi connectivity index (χ1n) is 6.64. The quantitative estimate of drug-likeness (QED) is 0.656. The van der Waals surface area contributed by atoms with Gasteiger partial charge in [0, 0.05) is 11.6 Å². The van der Waals surface area contributed by atoms with Crippen molar-refractivity contribution in [3.8, 4) is 0 Å². The van der Waals surface area contributed by atoms with Crippen LogP contribution in [-0.2, 0) is 10.1 Å². The Balaban J connectivity index is 2.23. The van der Waals surface area contributed by atoms with E-state index < -0.39 is 30.5 Å². The van der Waals surface area contributed by atoms with Gasteiger partial charge in [0.15, 0.2) is 6.17 Å². The molecule has 3 rings (SSSR count). The standard InChI is InChI=1S/C14H11BF3NO4/c1-23-11(20)8-4-5-19-10-3-2-7(6-9(8)10)13(15(21)22)12(16)14(13,17)18/h2-6,12,21-22H,1H3. The van der Waals surface area contributed by atoms with Crippen molar-refractivity contribution in [2.75, 3.05) is 7.11 Å². The minimum atomic E-state index is -3.91. The largest absolute Gasteiger partial charge is 0.472 e. The maximum Gasteiger partial charge on any atom is 0.472 e. The zero-order valence-electron chi connectivity index (χ0n) is 11.8. The van der Waals surface area contributed by atoms with Crippen LogP contribution in [0.15, 0.2) is 30.5 Å². The summed E-state index contributed by atoms with van der Waals surface area (Å²) in [6, 6.07) is 4.89. The van der Waals surface area contributed by atoms with E-state index in [-0.39, 0.29) is 16.5 Å². The molecule has 9 heteroatoms. The van der Waals surface area contributed by atoms with Gasteiger partial charge < -0.3 is 14.8 Å². The van der Waals surface area contributed by atoms with E-state index in [0.717, 1.165) is 19.2 Å². The molecular formula is C14H11BF3NO4. The number of halogens is 3. The maximum absolute atomic E-state index is 13.7. The van der Waals surface area contributed by atoms with Crippen LogP contribution in [0.3, 0.4) is 0 Å². The van der Waals surface area contributed by atoms with E-state index in [1.165, 1.54) is 18.3 Å². The van der Waals surface area contributed by atoms with E-state index in [1.54, 1.807) is 0 Å². The van der Waals surface area contributed by atoms with Gasteiger partial charge >= 0.3 is 13.1 Å². The number of aromatic nitrogens is 1. The summed E-state index contributed by atoms with van der Waals surface area (Å²) in [6.07, 6.45) is -1.39. The summed E-state index contributed by atoms with van der Waals surface area (Å²) < 4.78 is 45.7. The van der Waals surface area contributed by atoms with Crippen LogP contribution in [0.5, 0.6) is 0 Å². The van der Waals surface area contributed by atoms with E-state index in [4.69, 9.17) is 0 Å². The Bertz CT molecular complexity index is 801. The number of pyridine rings is 1. The topological polar surface area (TPSA) is 79.7 Å². The van der Waals surface area contributed by atoms with E-state index in [0.29, 0.717) is 5.52 Å². The molecule has 1 fully saturated rings. The van der Waals surface area contributed by atoms with Crippen LogP contribution in [-0.4, -0.2) is 47.3 Å². The number of methoxy groups -OCH3 is 1. The number of hydrogen-bond donors (Lipinski definition) is 2. The molecule has 2 aromatic rings. The van der Waals surface area contributed by atoms with Gasteiger partial charge in [0.1, 0.15) is 5.31 Å². The molecule has 0 bridgehead atoms. The van der Waals surface area contributed by atoms with Crippen LogP contribution in [0, 0.1) is 0 Å². The molecule has 2 N–H and O–H groups in total. The maximum atomic E-state index is 13.7. The van der Waals surface area contributed by atoms with Gasteiger partial charge in [-0.25, -0.2) is 18.0 Å². The van der Waals surface area contributed by atoms with Crippen LogP contribution in [0.4, 0.5) is 13.2 Å². The Labute approximate surface area is 128 Å². The molecule has 1 aromatic heterocycles. The molecule has 0 spiro atoms. The van der Waals surface area contributed by atoms with E-state index in [9.17, 15) is 28.0 Å². The smallest absolute Gasteiger partial charge is 0.465 e. The van der Waals surface area contributed by atoms with Crippen LogP contribution < -0.4 is 0 Å². The Hall–Kier alpha value is -2.13. The molecule has 1 aliphatic carbocycles. The van der Waals surface area contributed by atoms with Gasteiger partial charge in [0.25, 0.3) is 5.92 Å². The van der Waals surface area contributed by atoms with Crippen molar-refractivity contribution in [2.24, 2.45) is 0 Å². The van der Waals surface area contributed by atoms with E-state index >= 15 is 0 Å². The molecule has 0 amide bonds. The summed E-state index contributed by atoms with van der Waals surface area (Å²) in [4.78, 5) is 15.7. The third kappa shape index (κ3) is 1.90. The summed E-state index contributed by atoms with van der Waals surface area (Å²) in [7, 11) is -1.44. The normalized spacial score (nSPS) is 25.2. The van der Waals surface area contributed by atoms with Crippen molar-refractivity contribution in [2.45, 2.75) is 17.4 Å². The lowest BCUT2D eigenvalue weighted by Gasteiger charge is -2.16. The molecular weight excluding hydrogens is 314 g/mol. The lowest BCUT2D eigenvalue weighted by atomic mass is 9.64. The van der Waals surface area contributed by atoms with Crippen LogP contribution in [0.2, 0.25) is 0 Å². The van der Waals surface area contributed by atoms with E-state index in [2.05, 4.69) is 9.72 Å². The number of rotatable bonds is 3. The SMILES string of the molecule is COC(=O)c1ccnc2ccc(C3(B(O)O)C(F)C3(F)F)cc12. The minimum absolute atomic E-state index is 0.0568. The highest BCUT2D eigenvalue weighted by atomic mass is 19.3. The highest BCUT2D eigenvalue weighted by molar-refractivity contribution is 6.48. The number of esters is 1. The predicted octanol–water partition coefficient (Wildman–Crippen LogP) is 1.26. The van der Waals surface area contributed by atoms with Crippen LogP contribution >= 0.6 is 0 Å². The van der Waals surface area contributed by atoms with Crippen molar-refractivity contribution < 1.29 is 32.8 Å². The second-order valence-corrected chi connectivity index (χ2v) is 5.31. The second-order valence-electron chi connectivity index (χ2n) is 5.31. The average Bonchev–Trinajstić information content (AvgIpc) is 2.99. The lowest BCUT2D eigenvalue weighted by molar-refractivity contribution is 0.0602. The molecule has 1 saturated carbocycles. The van der Waals surface area contributed by atoms with Gasteiger partial charge in [-0.05, 0) is 23.8 Å². The van der Waals surface area contributed by atoms with Gasteiger partial charge in [-0.2, -0.15) is 0 Å². The van der Waals surface area contributed by atoms with Gasteiger partial charge in [0.2, 0.25) is 0 Å². The zero-order chi connectivity index (χ0) is 17.0. The zero-order valence-corrected chi connectivity index (χ0v) is 11.8. The average molecular weight is 325 g/mol. The third-order valence-electron chi connectivity index (χ3n) is 4.22. The molecule has 1 heterocycles. The number of alkyl halides is 3. The monoisotopic (exact) mass is 325 g/mol. The number of hydrogen-bond acceptors (Lipinski definition) is 5. The first-order chi connectivity index (χ1) is 10.8. The van der Waals surface area contributed by atoms with Crippen molar-refractivity contribution >= 4 is 24.0 Å². The number of fused-ring (bicyclic) bond motifs is 1. The third-order valence-corrected chi connectivity index (χ3v) is 4.22. The fourth-order valence-electron chi connectivity index (χ4n) is 2.86. The fraction of sp³-hybridized carbons (Fsp3) is 0.286. The molecule has 23 heavy (non-hydrogen) atoms. The Morgan fingerprint density at radius 2 is 2.00 bits per heavy atom. The number of nitrogens with zero attached hydrogens (tertiary/aromatic N) is 1. The number of benzene rings is 1. The van der Waals surface area contributed by atoms with Crippen molar-refractivity contribution in [1.82, 2.24) is 4.98 Å². The van der Waals surface area contributed by atoms with Gasteiger partial charge in [-0.15, -0.1) is 0 Å². The molecule has 0 saturated heterocycles. The van der Waals surface area contributed by atoms with Crippen LogP contribution in [0.1, 0.15) is 15.9 Å². The predicted molar refractivity (Wildman–Crippen MR) is 74.8 cm³/mol.